The van der Waals surface area contributed by atoms with Gasteiger partial charge in [0, 0.05) is 24.7 Å². The highest BCUT2D eigenvalue weighted by Crippen LogP contribution is 2.20. The summed E-state index contributed by atoms with van der Waals surface area (Å²) < 4.78 is 33.8. The standard InChI is InChI=1S/C12H21N3O3S/c1-9-6-4-5-7-15(9)19(16,17)13-8-12-10(2)14-18-11(12)3/h9,13H,4-8H2,1-3H3. The average Bonchev–Trinajstić information content (AvgIpc) is 2.67. The summed E-state index contributed by atoms with van der Waals surface area (Å²) in [6.45, 7) is 6.37. The van der Waals surface area contributed by atoms with E-state index in [9.17, 15) is 8.42 Å². The maximum Gasteiger partial charge on any atom is 0.279 e. The third-order valence-corrected chi connectivity index (χ3v) is 5.33. The Bertz CT molecular complexity index is 519. The second-order valence-corrected chi connectivity index (χ2v) is 6.79. The molecule has 1 unspecified atom stereocenters. The molecule has 1 aliphatic rings. The van der Waals surface area contributed by atoms with Gasteiger partial charge in [0.05, 0.1) is 5.69 Å². The fourth-order valence-corrected chi connectivity index (χ4v) is 3.87. The third-order valence-electron chi connectivity index (χ3n) is 3.66. The van der Waals surface area contributed by atoms with Crippen LogP contribution in [0.2, 0.25) is 0 Å². The van der Waals surface area contributed by atoms with Gasteiger partial charge in [0.1, 0.15) is 5.76 Å². The van der Waals surface area contributed by atoms with Crippen LogP contribution in [0.1, 0.15) is 43.2 Å². The molecule has 1 aromatic heterocycles. The number of nitrogens with one attached hydrogen (secondary N) is 1. The quantitative estimate of drug-likeness (QED) is 0.910. The lowest BCUT2D eigenvalue weighted by molar-refractivity contribution is 0.265. The van der Waals surface area contributed by atoms with E-state index in [4.69, 9.17) is 4.52 Å². The zero-order chi connectivity index (χ0) is 14.0. The number of aromatic nitrogens is 1. The Labute approximate surface area is 114 Å². The first-order valence-corrected chi connectivity index (χ1v) is 8.04. The van der Waals surface area contributed by atoms with Gasteiger partial charge in [-0.2, -0.15) is 17.4 Å². The molecule has 1 aliphatic heterocycles. The van der Waals surface area contributed by atoms with Gasteiger partial charge >= 0.3 is 0 Å². The van der Waals surface area contributed by atoms with Crippen LogP contribution in [0.25, 0.3) is 0 Å². The highest BCUT2D eigenvalue weighted by Gasteiger charge is 2.29. The fourth-order valence-electron chi connectivity index (χ4n) is 2.43. The van der Waals surface area contributed by atoms with E-state index in [-0.39, 0.29) is 12.6 Å². The van der Waals surface area contributed by atoms with Gasteiger partial charge in [0.2, 0.25) is 0 Å². The summed E-state index contributed by atoms with van der Waals surface area (Å²) in [5.41, 5.74) is 1.54. The van der Waals surface area contributed by atoms with Crippen molar-refractivity contribution in [1.82, 2.24) is 14.2 Å². The molecule has 1 fully saturated rings. The first-order chi connectivity index (χ1) is 8.92. The van der Waals surface area contributed by atoms with Crippen LogP contribution < -0.4 is 4.72 Å². The van der Waals surface area contributed by atoms with Gasteiger partial charge in [-0.3, -0.25) is 0 Å². The molecule has 0 aliphatic carbocycles. The number of hydrogen-bond acceptors (Lipinski definition) is 4. The van der Waals surface area contributed by atoms with Crippen molar-refractivity contribution in [2.45, 2.75) is 52.6 Å². The molecule has 1 aromatic rings. The molecule has 108 valence electrons. The van der Waals surface area contributed by atoms with Crippen LogP contribution in [0.5, 0.6) is 0 Å². The zero-order valence-electron chi connectivity index (χ0n) is 11.6. The summed E-state index contributed by atoms with van der Waals surface area (Å²) in [5.74, 6) is 0.659. The van der Waals surface area contributed by atoms with Crippen LogP contribution in [-0.4, -0.2) is 30.5 Å². The van der Waals surface area contributed by atoms with E-state index in [2.05, 4.69) is 9.88 Å². The van der Waals surface area contributed by atoms with Gasteiger partial charge in [0.15, 0.2) is 0 Å². The monoisotopic (exact) mass is 287 g/mol. The largest absolute Gasteiger partial charge is 0.361 e. The number of hydrogen-bond donors (Lipinski definition) is 1. The third kappa shape index (κ3) is 3.16. The first kappa shape index (κ1) is 14.5. The van der Waals surface area contributed by atoms with Crippen molar-refractivity contribution in [1.29, 1.82) is 0 Å². The van der Waals surface area contributed by atoms with Crippen LogP contribution in [-0.2, 0) is 16.8 Å². The molecule has 0 radical (unpaired) electrons. The maximum atomic E-state index is 12.3. The molecule has 0 saturated carbocycles. The van der Waals surface area contributed by atoms with E-state index < -0.39 is 10.2 Å². The Morgan fingerprint density at radius 3 is 2.74 bits per heavy atom. The molecule has 19 heavy (non-hydrogen) atoms. The SMILES string of the molecule is Cc1noc(C)c1CNS(=O)(=O)N1CCCCC1C. The van der Waals surface area contributed by atoms with Gasteiger partial charge in [-0.25, -0.2) is 0 Å². The Kier molecular flexibility index (Phi) is 4.27. The molecule has 2 heterocycles. The molecule has 7 heteroatoms. The minimum Gasteiger partial charge on any atom is -0.361 e. The number of rotatable bonds is 4. The molecule has 2 rings (SSSR count). The normalized spacial score (nSPS) is 21.7. The lowest BCUT2D eigenvalue weighted by Gasteiger charge is -2.32. The topological polar surface area (TPSA) is 75.4 Å². The molecular weight excluding hydrogens is 266 g/mol. The number of piperidine rings is 1. The molecule has 1 saturated heterocycles. The van der Waals surface area contributed by atoms with Crippen molar-refractivity contribution >= 4 is 10.2 Å². The van der Waals surface area contributed by atoms with Crippen LogP contribution in [0, 0.1) is 13.8 Å². The molecule has 1 atom stereocenters. The van der Waals surface area contributed by atoms with Crippen LogP contribution >= 0.6 is 0 Å². The van der Waals surface area contributed by atoms with Gasteiger partial charge in [-0.15, -0.1) is 0 Å². The van der Waals surface area contributed by atoms with E-state index in [0.717, 1.165) is 30.5 Å². The van der Waals surface area contributed by atoms with Crippen molar-refractivity contribution in [3.8, 4) is 0 Å². The molecule has 0 bridgehead atoms. The molecule has 0 spiro atoms. The Morgan fingerprint density at radius 2 is 2.16 bits per heavy atom. The Balaban J connectivity index is 2.05. The second-order valence-electron chi connectivity index (χ2n) is 5.08. The van der Waals surface area contributed by atoms with Crippen LogP contribution in [0.15, 0.2) is 4.52 Å². The van der Waals surface area contributed by atoms with Gasteiger partial charge in [-0.05, 0) is 33.6 Å². The number of aryl methyl sites for hydroxylation is 2. The summed E-state index contributed by atoms with van der Waals surface area (Å²) in [6, 6.07) is 0.0657. The van der Waals surface area contributed by atoms with Gasteiger partial charge < -0.3 is 4.52 Å². The highest BCUT2D eigenvalue weighted by atomic mass is 32.2. The van der Waals surface area contributed by atoms with Crippen molar-refractivity contribution in [3.63, 3.8) is 0 Å². The Hall–Kier alpha value is -0.920. The maximum absolute atomic E-state index is 12.3. The summed E-state index contributed by atoms with van der Waals surface area (Å²) in [6.07, 6.45) is 2.94. The minimum atomic E-state index is -3.43. The van der Waals surface area contributed by atoms with E-state index in [0.29, 0.717) is 12.3 Å². The van der Waals surface area contributed by atoms with Crippen molar-refractivity contribution in [2.24, 2.45) is 0 Å². The average molecular weight is 287 g/mol. The van der Waals surface area contributed by atoms with Crippen molar-refractivity contribution in [2.75, 3.05) is 6.54 Å². The second kappa shape index (κ2) is 5.60. The zero-order valence-corrected chi connectivity index (χ0v) is 12.5. The molecular formula is C12H21N3O3S. The van der Waals surface area contributed by atoms with E-state index >= 15 is 0 Å². The summed E-state index contributed by atoms with van der Waals surface area (Å²) >= 11 is 0. The van der Waals surface area contributed by atoms with Gasteiger partial charge in [0.25, 0.3) is 10.2 Å². The van der Waals surface area contributed by atoms with Crippen molar-refractivity contribution < 1.29 is 12.9 Å². The smallest absolute Gasteiger partial charge is 0.279 e. The summed E-state index contributed by atoms with van der Waals surface area (Å²) in [4.78, 5) is 0. The molecule has 6 nitrogen and oxygen atoms in total. The van der Waals surface area contributed by atoms with E-state index in [1.165, 1.54) is 0 Å². The van der Waals surface area contributed by atoms with Crippen LogP contribution in [0.4, 0.5) is 0 Å². The highest BCUT2D eigenvalue weighted by molar-refractivity contribution is 7.87. The predicted molar refractivity (Wildman–Crippen MR) is 71.8 cm³/mol. The first-order valence-electron chi connectivity index (χ1n) is 6.60. The molecule has 1 N–H and O–H groups in total. The van der Waals surface area contributed by atoms with Crippen LogP contribution in [0.3, 0.4) is 0 Å². The number of nitrogens with zero attached hydrogens (tertiary/aromatic N) is 2. The predicted octanol–water partition coefficient (Wildman–Crippen LogP) is 1.50. The van der Waals surface area contributed by atoms with Gasteiger partial charge in [-0.1, -0.05) is 11.6 Å². The summed E-state index contributed by atoms with van der Waals surface area (Å²) in [5, 5.41) is 3.82. The van der Waals surface area contributed by atoms with E-state index in [1.807, 2.05) is 13.8 Å². The summed E-state index contributed by atoms with van der Waals surface area (Å²) in [7, 11) is -3.43. The fraction of sp³-hybridized carbons (Fsp3) is 0.750. The van der Waals surface area contributed by atoms with Crippen molar-refractivity contribution in [3.05, 3.63) is 17.0 Å². The molecule has 0 amide bonds. The van der Waals surface area contributed by atoms with E-state index in [1.54, 1.807) is 11.2 Å². The minimum absolute atomic E-state index is 0.0657. The lowest BCUT2D eigenvalue weighted by Crippen LogP contribution is -2.47. The Morgan fingerprint density at radius 1 is 1.42 bits per heavy atom. The lowest BCUT2D eigenvalue weighted by atomic mass is 10.1. The molecule has 0 aromatic carbocycles.